The highest BCUT2D eigenvalue weighted by Gasteiger charge is 2.09. The van der Waals surface area contributed by atoms with Crippen LogP contribution in [-0.2, 0) is 0 Å². The van der Waals surface area contributed by atoms with Crippen molar-refractivity contribution in [3.63, 3.8) is 0 Å². The molecule has 0 unspecified atom stereocenters. The molecule has 20 heavy (non-hydrogen) atoms. The average molecular weight is 270 g/mol. The number of rotatable bonds is 4. The van der Waals surface area contributed by atoms with Crippen molar-refractivity contribution in [3.05, 3.63) is 53.2 Å². The number of nitrogens with zero attached hydrogens (tertiary/aromatic N) is 1. The number of hydrogen-bond acceptors (Lipinski definition) is 3. The van der Waals surface area contributed by atoms with Crippen molar-refractivity contribution >= 4 is 17.5 Å². The van der Waals surface area contributed by atoms with Gasteiger partial charge in [0.1, 0.15) is 5.82 Å². The average Bonchev–Trinajstić information content (AvgIpc) is 2.38. The zero-order valence-electron chi connectivity index (χ0n) is 11.8. The zero-order valence-corrected chi connectivity index (χ0v) is 11.8. The van der Waals surface area contributed by atoms with Crippen LogP contribution in [0.5, 0.6) is 0 Å². The Morgan fingerprint density at radius 1 is 1.25 bits per heavy atom. The number of hydrogen-bond donors (Lipinski definition) is 2. The predicted molar refractivity (Wildman–Crippen MR) is 79.7 cm³/mol. The van der Waals surface area contributed by atoms with E-state index in [9.17, 15) is 4.79 Å². The number of carbonyl (C=O) groups is 1. The summed E-state index contributed by atoms with van der Waals surface area (Å²) in [5.41, 5.74) is 2.93. The minimum atomic E-state index is -0.955. The van der Waals surface area contributed by atoms with Gasteiger partial charge in [-0.05, 0) is 42.7 Å². The third-order valence-electron chi connectivity index (χ3n) is 3.14. The molecule has 4 heteroatoms. The Bertz CT molecular complexity index is 636. The summed E-state index contributed by atoms with van der Waals surface area (Å²) in [6.07, 6.45) is 0. The summed E-state index contributed by atoms with van der Waals surface area (Å²) in [5, 5.41) is 12.2. The second-order valence-corrected chi connectivity index (χ2v) is 5.04. The summed E-state index contributed by atoms with van der Waals surface area (Å²) < 4.78 is 0. The number of carboxylic acids is 1. The van der Waals surface area contributed by atoms with E-state index < -0.39 is 5.97 Å². The molecule has 2 aromatic rings. The minimum Gasteiger partial charge on any atom is -0.478 e. The first-order chi connectivity index (χ1) is 9.47. The van der Waals surface area contributed by atoms with Crippen LogP contribution in [0.1, 0.15) is 41.4 Å². The Hall–Kier alpha value is -2.36. The predicted octanol–water partition coefficient (Wildman–Crippen LogP) is 3.96. The number of pyridine rings is 1. The molecule has 1 aromatic heterocycles. The van der Waals surface area contributed by atoms with Gasteiger partial charge in [-0.2, -0.15) is 0 Å². The first-order valence-corrected chi connectivity index (χ1v) is 6.55. The van der Waals surface area contributed by atoms with E-state index >= 15 is 0 Å². The summed E-state index contributed by atoms with van der Waals surface area (Å²) in [7, 11) is 0. The molecule has 2 rings (SSSR count). The Morgan fingerprint density at radius 2 is 2.00 bits per heavy atom. The molecular formula is C16H18N2O2. The Balaban J connectivity index is 2.24. The number of benzene rings is 1. The largest absolute Gasteiger partial charge is 0.478 e. The van der Waals surface area contributed by atoms with Gasteiger partial charge in [0.15, 0.2) is 0 Å². The van der Waals surface area contributed by atoms with E-state index in [0.717, 1.165) is 5.69 Å². The van der Waals surface area contributed by atoms with Gasteiger partial charge in [0.2, 0.25) is 0 Å². The van der Waals surface area contributed by atoms with E-state index in [0.29, 0.717) is 17.4 Å². The van der Waals surface area contributed by atoms with E-state index in [2.05, 4.69) is 36.3 Å². The highest BCUT2D eigenvalue weighted by Crippen LogP contribution is 2.21. The number of aromatic carboxylic acids is 1. The van der Waals surface area contributed by atoms with Crippen LogP contribution in [0.25, 0.3) is 0 Å². The molecule has 0 aliphatic carbocycles. The lowest BCUT2D eigenvalue weighted by Gasteiger charge is -2.11. The van der Waals surface area contributed by atoms with Crippen molar-refractivity contribution < 1.29 is 9.90 Å². The molecule has 0 radical (unpaired) electrons. The van der Waals surface area contributed by atoms with Crippen molar-refractivity contribution in [2.24, 2.45) is 0 Å². The highest BCUT2D eigenvalue weighted by atomic mass is 16.4. The molecule has 0 aliphatic heterocycles. The van der Waals surface area contributed by atoms with E-state index in [1.165, 1.54) is 5.56 Å². The Kier molecular flexibility index (Phi) is 4.03. The second kappa shape index (κ2) is 5.74. The van der Waals surface area contributed by atoms with Gasteiger partial charge in [-0.3, -0.25) is 0 Å². The van der Waals surface area contributed by atoms with Crippen LogP contribution < -0.4 is 5.32 Å². The fourth-order valence-electron chi connectivity index (χ4n) is 1.98. The Labute approximate surface area is 118 Å². The van der Waals surface area contributed by atoms with Crippen LogP contribution in [0.2, 0.25) is 0 Å². The van der Waals surface area contributed by atoms with Crippen LogP contribution >= 0.6 is 0 Å². The van der Waals surface area contributed by atoms with Crippen LogP contribution in [0.3, 0.4) is 0 Å². The molecule has 1 aromatic carbocycles. The minimum absolute atomic E-state index is 0.228. The quantitative estimate of drug-likeness (QED) is 0.882. The molecule has 104 valence electrons. The van der Waals surface area contributed by atoms with Crippen molar-refractivity contribution in [3.8, 4) is 0 Å². The lowest BCUT2D eigenvalue weighted by atomic mass is 10.0. The summed E-state index contributed by atoms with van der Waals surface area (Å²) >= 11 is 0. The van der Waals surface area contributed by atoms with E-state index in [1.54, 1.807) is 19.1 Å². The maximum atomic E-state index is 11.0. The first-order valence-electron chi connectivity index (χ1n) is 6.55. The van der Waals surface area contributed by atoms with Crippen molar-refractivity contribution in [1.82, 2.24) is 4.98 Å². The van der Waals surface area contributed by atoms with Gasteiger partial charge >= 0.3 is 5.97 Å². The van der Waals surface area contributed by atoms with Crippen LogP contribution in [-0.4, -0.2) is 16.1 Å². The van der Waals surface area contributed by atoms with Gasteiger partial charge in [-0.1, -0.05) is 26.0 Å². The topological polar surface area (TPSA) is 62.2 Å². The molecule has 4 nitrogen and oxygen atoms in total. The zero-order chi connectivity index (χ0) is 14.7. The van der Waals surface area contributed by atoms with Crippen molar-refractivity contribution in [1.29, 1.82) is 0 Å². The lowest BCUT2D eigenvalue weighted by Crippen LogP contribution is -2.03. The standard InChI is InChI=1S/C16H18N2O2/c1-10(2)12-5-4-6-13(9-12)18-15-8-7-14(16(19)20)11(3)17-15/h4-10H,1-3H3,(H,17,18)(H,19,20). The molecule has 1 heterocycles. The van der Waals surface area contributed by atoms with Gasteiger partial charge in [0.05, 0.1) is 11.3 Å². The van der Waals surface area contributed by atoms with Gasteiger partial charge in [-0.15, -0.1) is 0 Å². The molecule has 2 N–H and O–H groups in total. The fourth-order valence-corrected chi connectivity index (χ4v) is 1.98. The highest BCUT2D eigenvalue weighted by molar-refractivity contribution is 5.89. The van der Waals surface area contributed by atoms with E-state index in [-0.39, 0.29) is 5.56 Å². The number of anilines is 2. The number of aromatic nitrogens is 1. The number of nitrogens with one attached hydrogen (secondary N) is 1. The molecule has 0 bridgehead atoms. The molecule has 0 fully saturated rings. The third kappa shape index (κ3) is 3.15. The van der Waals surface area contributed by atoms with Gasteiger partial charge in [0, 0.05) is 5.69 Å². The van der Waals surface area contributed by atoms with Gasteiger partial charge in [0.25, 0.3) is 0 Å². The van der Waals surface area contributed by atoms with Crippen molar-refractivity contribution in [2.75, 3.05) is 5.32 Å². The van der Waals surface area contributed by atoms with E-state index in [1.807, 2.05) is 12.1 Å². The van der Waals surface area contributed by atoms with Crippen molar-refractivity contribution in [2.45, 2.75) is 26.7 Å². The molecule has 0 atom stereocenters. The van der Waals surface area contributed by atoms with Crippen LogP contribution in [0.4, 0.5) is 11.5 Å². The molecule has 0 aliphatic rings. The normalized spacial score (nSPS) is 10.6. The lowest BCUT2D eigenvalue weighted by molar-refractivity contribution is 0.0695. The number of carboxylic acid groups (broad SMARTS) is 1. The fraction of sp³-hybridized carbons (Fsp3) is 0.250. The van der Waals surface area contributed by atoms with Gasteiger partial charge < -0.3 is 10.4 Å². The third-order valence-corrected chi connectivity index (χ3v) is 3.14. The Morgan fingerprint density at radius 3 is 2.60 bits per heavy atom. The second-order valence-electron chi connectivity index (χ2n) is 5.04. The van der Waals surface area contributed by atoms with Gasteiger partial charge in [-0.25, -0.2) is 9.78 Å². The van der Waals surface area contributed by atoms with E-state index in [4.69, 9.17) is 5.11 Å². The monoisotopic (exact) mass is 270 g/mol. The molecule has 0 spiro atoms. The summed E-state index contributed by atoms with van der Waals surface area (Å²) in [5.74, 6) is 0.151. The molecule has 0 amide bonds. The molecule has 0 saturated carbocycles. The number of aryl methyl sites for hydroxylation is 1. The summed E-state index contributed by atoms with van der Waals surface area (Å²) in [6.45, 7) is 5.98. The van der Waals surface area contributed by atoms with Crippen LogP contribution in [0, 0.1) is 6.92 Å². The SMILES string of the molecule is Cc1nc(Nc2cccc(C(C)C)c2)ccc1C(=O)O. The van der Waals surface area contributed by atoms with Crippen LogP contribution in [0.15, 0.2) is 36.4 Å². The molecule has 0 saturated heterocycles. The summed E-state index contributed by atoms with van der Waals surface area (Å²) in [4.78, 5) is 15.2. The summed E-state index contributed by atoms with van der Waals surface area (Å²) in [6, 6.07) is 11.4. The maximum absolute atomic E-state index is 11.0. The molecular weight excluding hydrogens is 252 g/mol. The maximum Gasteiger partial charge on any atom is 0.337 e. The smallest absolute Gasteiger partial charge is 0.337 e. The first kappa shape index (κ1) is 14.1.